The van der Waals surface area contributed by atoms with E-state index >= 15 is 0 Å². The van der Waals surface area contributed by atoms with E-state index in [1.165, 1.54) is 0 Å². The highest BCUT2D eigenvalue weighted by molar-refractivity contribution is 5.75. The van der Waals surface area contributed by atoms with Crippen LogP contribution in [0.25, 0.3) is 22.6 Å². The Hall–Kier alpha value is -3.63. The number of benzene rings is 1. The van der Waals surface area contributed by atoms with Gasteiger partial charge in [0.2, 0.25) is 0 Å². The molecule has 0 unspecified atom stereocenters. The van der Waals surface area contributed by atoms with Gasteiger partial charge in [-0.1, -0.05) is 6.07 Å². The van der Waals surface area contributed by atoms with Crippen molar-refractivity contribution >= 4 is 17.2 Å². The maximum atomic E-state index is 11.9. The van der Waals surface area contributed by atoms with E-state index in [9.17, 15) is 15.2 Å². The third kappa shape index (κ3) is 4.48. The van der Waals surface area contributed by atoms with E-state index in [0.29, 0.717) is 74.4 Å². The molecular formula is C23H24N6O4. The number of morpholine rings is 1. The Kier molecular flexibility index (Phi) is 5.84. The molecule has 170 valence electrons. The van der Waals surface area contributed by atoms with Crippen LogP contribution in [0.1, 0.15) is 6.42 Å². The zero-order valence-electron chi connectivity index (χ0n) is 18.0. The number of nitro groups is 1. The molecule has 4 heterocycles. The van der Waals surface area contributed by atoms with Gasteiger partial charge in [-0.25, -0.2) is 9.97 Å². The van der Waals surface area contributed by atoms with Crippen molar-refractivity contribution in [3.05, 3.63) is 58.9 Å². The maximum absolute atomic E-state index is 11.9. The third-order valence-corrected chi connectivity index (χ3v) is 5.94. The normalized spacial score (nSPS) is 18.5. The monoisotopic (exact) mass is 448 g/mol. The first-order chi connectivity index (χ1) is 16.1. The molecule has 1 atom stereocenters. The second-order valence-corrected chi connectivity index (χ2v) is 8.13. The molecule has 33 heavy (non-hydrogen) atoms. The zero-order valence-corrected chi connectivity index (χ0v) is 18.0. The van der Waals surface area contributed by atoms with Crippen molar-refractivity contribution < 1.29 is 14.8 Å². The molecule has 5 rings (SSSR count). The van der Waals surface area contributed by atoms with Crippen molar-refractivity contribution in [3.8, 4) is 22.6 Å². The highest BCUT2D eigenvalue weighted by Gasteiger charge is 2.25. The quantitative estimate of drug-likeness (QED) is 0.464. The Morgan fingerprint density at radius 3 is 2.61 bits per heavy atom. The molecule has 0 spiro atoms. The summed E-state index contributed by atoms with van der Waals surface area (Å²) in [6, 6.07) is 10.7. The summed E-state index contributed by atoms with van der Waals surface area (Å²) in [5, 5.41) is 21.9. The molecule has 2 fully saturated rings. The van der Waals surface area contributed by atoms with Gasteiger partial charge in [0.1, 0.15) is 11.5 Å². The Morgan fingerprint density at radius 1 is 1.06 bits per heavy atom. The molecule has 1 N–H and O–H groups in total. The molecule has 0 bridgehead atoms. The van der Waals surface area contributed by atoms with Gasteiger partial charge in [-0.15, -0.1) is 0 Å². The molecule has 0 amide bonds. The summed E-state index contributed by atoms with van der Waals surface area (Å²) in [6.07, 6.45) is 3.63. The number of hydrogen-bond donors (Lipinski definition) is 1. The number of aliphatic hydroxyl groups is 1. The average molecular weight is 448 g/mol. The molecule has 0 saturated carbocycles. The highest BCUT2D eigenvalue weighted by atomic mass is 16.6. The fourth-order valence-electron chi connectivity index (χ4n) is 4.22. The molecule has 0 radical (unpaired) electrons. The van der Waals surface area contributed by atoms with Crippen LogP contribution in [0, 0.1) is 10.1 Å². The molecule has 0 aliphatic carbocycles. The number of ether oxygens (including phenoxy) is 1. The lowest BCUT2D eigenvalue weighted by atomic mass is 10.1. The largest absolute Gasteiger partial charge is 0.391 e. The van der Waals surface area contributed by atoms with Crippen LogP contribution in [0.5, 0.6) is 0 Å². The Balaban J connectivity index is 1.59. The van der Waals surface area contributed by atoms with E-state index in [1.54, 1.807) is 24.5 Å². The fraction of sp³-hybridized carbons (Fsp3) is 0.348. The van der Waals surface area contributed by atoms with Gasteiger partial charge < -0.3 is 19.6 Å². The van der Waals surface area contributed by atoms with Gasteiger partial charge in [0.15, 0.2) is 5.82 Å². The number of anilines is 2. The summed E-state index contributed by atoms with van der Waals surface area (Å²) in [6.45, 7) is 3.48. The predicted molar refractivity (Wildman–Crippen MR) is 123 cm³/mol. The smallest absolute Gasteiger partial charge is 0.293 e. The number of rotatable bonds is 5. The Bertz CT molecular complexity index is 1150. The van der Waals surface area contributed by atoms with Crippen LogP contribution in [0.3, 0.4) is 0 Å². The molecule has 3 aromatic rings. The summed E-state index contributed by atoms with van der Waals surface area (Å²) in [4.78, 5) is 29.1. The van der Waals surface area contributed by atoms with Gasteiger partial charge >= 0.3 is 0 Å². The number of nitrogens with zero attached hydrogens (tertiary/aromatic N) is 6. The number of hydrogen-bond acceptors (Lipinski definition) is 9. The molecule has 2 saturated heterocycles. The molecule has 2 aliphatic rings. The van der Waals surface area contributed by atoms with Crippen LogP contribution in [0.4, 0.5) is 17.2 Å². The molecule has 10 nitrogen and oxygen atoms in total. The van der Waals surface area contributed by atoms with Gasteiger partial charge in [-0.2, -0.15) is 0 Å². The SMILES string of the molecule is O=[N+]([O-])c1cc(-c2cc(N3CC[C@H](O)C3)nc(-c3cccnc3)n2)ccc1N1CCOCC1. The minimum absolute atomic E-state index is 0.0362. The van der Waals surface area contributed by atoms with Gasteiger partial charge in [0.05, 0.1) is 29.9 Å². The first-order valence-corrected chi connectivity index (χ1v) is 10.9. The number of aromatic nitrogens is 3. The van der Waals surface area contributed by atoms with E-state index in [2.05, 4.69) is 4.98 Å². The van der Waals surface area contributed by atoms with Gasteiger partial charge in [0, 0.05) is 61.8 Å². The Labute approximate surface area is 190 Å². The highest BCUT2D eigenvalue weighted by Crippen LogP contribution is 2.35. The van der Waals surface area contributed by atoms with E-state index in [4.69, 9.17) is 14.7 Å². The number of nitro benzene ring substituents is 1. The topological polar surface area (TPSA) is 118 Å². The first-order valence-electron chi connectivity index (χ1n) is 10.9. The van der Waals surface area contributed by atoms with E-state index < -0.39 is 6.10 Å². The maximum Gasteiger partial charge on any atom is 0.293 e. The molecular weight excluding hydrogens is 424 g/mol. The van der Waals surface area contributed by atoms with Gasteiger partial charge in [-0.3, -0.25) is 15.1 Å². The fourth-order valence-corrected chi connectivity index (χ4v) is 4.22. The Morgan fingerprint density at radius 2 is 1.91 bits per heavy atom. The molecule has 10 heteroatoms. The third-order valence-electron chi connectivity index (χ3n) is 5.94. The number of β-amino-alcohol motifs (C(OH)–C–C–N with tert-alkyl or cyclic N) is 1. The summed E-state index contributed by atoms with van der Waals surface area (Å²) < 4.78 is 5.38. The van der Waals surface area contributed by atoms with Crippen molar-refractivity contribution in [2.75, 3.05) is 49.2 Å². The second-order valence-electron chi connectivity index (χ2n) is 8.13. The van der Waals surface area contributed by atoms with Crippen LogP contribution in [0.2, 0.25) is 0 Å². The standard InChI is InChI=1S/C23H24N6O4/c30-18-5-7-28(15-18)22-13-19(25-23(26-22)17-2-1-6-24-14-17)16-3-4-20(21(12-16)29(31)32)27-8-10-33-11-9-27/h1-4,6,12-14,18,30H,5,7-11,15H2/t18-/m0/s1. The van der Waals surface area contributed by atoms with Crippen molar-refractivity contribution in [2.24, 2.45) is 0 Å². The summed E-state index contributed by atoms with van der Waals surface area (Å²) in [5.74, 6) is 1.16. The average Bonchev–Trinajstić information content (AvgIpc) is 3.31. The lowest BCUT2D eigenvalue weighted by Crippen LogP contribution is -2.36. The van der Waals surface area contributed by atoms with Crippen molar-refractivity contribution in [1.82, 2.24) is 15.0 Å². The van der Waals surface area contributed by atoms with E-state index in [1.807, 2.05) is 34.1 Å². The van der Waals surface area contributed by atoms with Crippen molar-refractivity contribution in [3.63, 3.8) is 0 Å². The molecule has 2 aromatic heterocycles. The lowest BCUT2D eigenvalue weighted by Gasteiger charge is -2.28. The summed E-state index contributed by atoms with van der Waals surface area (Å²) in [7, 11) is 0. The van der Waals surface area contributed by atoms with Crippen LogP contribution < -0.4 is 9.80 Å². The first kappa shape index (κ1) is 21.2. The van der Waals surface area contributed by atoms with Crippen LogP contribution in [-0.4, -0.2) is 70.5 Å². The van der Waals surface area contributed by atoms with Crippen molar-refractivity contribution in [2.45, 2.75) is 12.5 Å². The van der Waals surface area contributed by atoms with Gasteiger partial charge in [-0.05, 0) is 24.6 Å². The summed E-state index contributed by atoms with van der Waals surface area (Å²) >= 11 is 0. The van der Waals surface area contributed by atoms with E-state index in [0.717, 1.165) is 5.56 Å². The molecule has 2 aliphatic heterocycles. The van der Waals surface area contributed by atoms with E-state index in [-0.39, 0.29) is 10.6 Å². The van der Waals surface area contributed by atoms with Crippen molar-refractivity contribution in [1.29, 1.82) is 0 Å². The lowest BCUT2D eigenvalue weighted by molar-refractivity contribution is -0.384. The van der Waals surface area contributed by atoms with Crippen LogP contribution in [-0.2, 0) is 4.74 Å². The molecule has 1 aromatic carbocycles. The number of pyridine rings is 1. The second kappa shape index (κ2) is 9.08. The minimum Gasteiger partial charge on any atom is -0.391 e. The van der Waals surface area contributed by atoms with Crippen LogP contribution >= 0.6 is 0 Å². The van der Waals surface area contributed by atoms with Crippen LogP contribution in [0.15, 0.2) is 48.8 Å². The van der Waals surface area contributed by atoms with Gasteiger partial charge in [0.25, 0.3) is 5.69 Å². The minimum atomic E-state index is -0.404. The zero-order chi connectivity index (χ0) is 22.8. The number of aliphatic hydroxyl groups excluding tert-OH is 1. The predicted octanol–water partition coefficient (Wildman–Crippen LogP) is 2.52. The summed E-state index contributed by atoms with van der Waals surface area (Å²) in [5.41, 5.74) is 2.58.